The molecule has 4 N–H and O–H groups in total. The Bertz CT molecular complexity index is 2040. The van der Waals surface area contributed by atoms with E-state index in [0.29, 0.717) is 34.7 Å². The first-order valence-corrected chi connectivity index (χ1v) is 13.9. The number of nitrogens with zero attached hydrogens (tertiary/aromatic N) is 4. The number of aromatic hydroxyl groups is 1. The lowest BCUT2D eigenvalue weighted by molar-refractivity contribution is 0.0936. The molecule has 1 amide bonds. The van der Waals surface area contributed by atoms with Gasteiger partial charge in [-0.3, -0.25) is 14.2 Å². The van der Waals surface area contributed by atoms with Crippen LogP contribution in [0, 0.1) is 0 Å². The average molecular weight is 567 g/mol. The van der Waals surface area contributed by atoms with Crippen LogP contribution in [0.3, 0.4) is 0 Å². The van der Waals surface area contributed by atoms with Gasteiger partial charge in [0.05, 0.1) is 22.9 Å². The molecule has 0 radical (unpaired) electrons. The molecule has 9 nitrogen and oxygen atoms in total. The minimum atomic E-state index is -0.308. The molecule has 0 aliphatic heterocycles. The maximum atomic E-state index is 13.0. The Morgan fingerprint density at radius 3 is 2.65 bits per heavy atom. The Balaban J connectivity index is 1.29. The van der Waals surface area contributed by atoms with Gasteiger partial charge < -0.3 is 16.2 Å². The van der Waals surface area contributed by atoms with E-state index >= 15 is 0 Å². The summed E-state index contributed by atoms with van der Waals surface area (Å²) in [7, 11) is 0. The zero-order valence-electron chi connectivity index (χ0n) is 22.9. The van der Waals surface area contributed by atoms with Crippen molar-refractivity contribution in [3.8, 4) is 34.1 Å². The first kappa shape index (κ1) is 26.1. The SMILES string of the molecule is Nc1ncccc1-c1nc2ccc(-c3ccccc3)nc2n1-c1ccc2c(c1)CCC2NC(=O)c1ccc(O)c(C=O)c1. The molecular formula is C34H26N6O3. The highest BCUT2D eigenvalue weighted by Gasteiger charge is 2.26. The second-order valence-electron chi connectivity index (χ2n) is 10.5. The van der Waals surface area contributed by atoms with Gasteiger partial charge in [0.15, 0.2) is 17.8 Å². The number of aromatic nitrogens is 4. The molecule has 1 aliphatic carbocycles. The number of carbonyl (C=O) groups is 2. The third-order valence-electron chi connectivity index (χ3n) is 7.84. The number of pyridine rings is 2. The van der Waals surface area contributed by atoms with Crippen LogP contribution in [0.4, 0.5) is 5.82 Å². The summed E-state index contributed by atoms with van der Waals surface area (Å²) in [6, 6.07) is 27.9. The van der Waals surface area contributed by atoms with Crippen LogP contribution in [0.25, 0.3) is 39.5 Å². The van der Waals surface area contributed by atoms with E-state index in [1.807, 2.05) is 71.3 Å². The van der Waals surface area contributed by atoms with E-state index in [1.54, 1.807) is 6.20 Å². The molecule has 0 spiro atoms. The van der Waals surface area contributed by atoms with Crippen LogP contribution in [-0.4, -0.2) is 36.8 Å². The summed E-state index contributed by atoms with van der Waals surface area (Å²) < 4.78 is 2.01. The Kier molecular flexibility index (Phi) is 6.39. The molecule has 6 aromatic rings. The van der Waals surface area contributed by atoms with Crippen molar-refractivity contribution in [2.75, 3.05) is 5.73 Å². The molecule has 43 heavy (non-hydrogen) atoms. The molecular weight excluding hydrogens is 540 g/mol. The number of fused-ring (bicyclic) bond motifs is 2. The highest BCUT2D eigenvalue weighted by atomic mass is 16.3. The van der Waals surface area contributed by atoms with Crippen molar-refractivity contribution in [2.45, 2.75) is 18.9 Å². The molecule has 210 valence electrons. The van der Waals surface area contributed by atoms with Crippen LogP contribution in [0.5, 0.6) is 5.75 Å². The van der Waals surface area contributed by atoms with Gasteiger partial charge >= 0.3 is 0 Å². The molecule has 3 aromatic heterocycles. The normalized spacial score (nSPS) is 14.0. The van der Waals surface area contributed by atoms with Crippen LogP contribution in [0.15, 0.2) is 97.2 Å². The maximum Gasteiger partial charge on any atom is 0.251 e. The summed E-state index contributed by atoms with van der Waals surface area (Å²) in [5.41, 5.74) is 13.7. The van der Waals surface area contributed by atoms with E-state index in [9.17, 15) is 14.7 Å². The predicted molar refractivity (Wildman–Crippen MR) is 164 cm³/mol. The van der Waals surface area contributed by atoms with Crippen molar-refractivity contribution in [2.24, 2.45) is 0 Å². The number of phenols is 1. The van der Waals surface area contributed by atoms with Gasteiger partial charge in [-0.1, -0.05) is 36.4 Å². The summed E-state index contributed by atoms with van der Waals surface area (Å²) in [4.78, 5) is 38.5. The lowest BCUT2D eigenvalue weighted by atomic mass is 10.1. The number of amides is 1. The Morgan fingerprint density at radius 1 is 0.977 bits per heavy atom. The summed E-state index contributed by atoms with van der Waals surface area (Å²) in [6.07, 6.45) is 3.68. The van der Waals surface area contributed by atoms with Crippen molar-refractivity contribution >= 4 is 29.2 Å². The standard InChI is InChI=1S/C34H26N6O3/c35-31-26(7-4-16-36-31)32-38-29-14-13-27(20-5-2-1-3-6-20)37-33(29)40(32)24-10-11-25-21(18-24)8-12-28(25)39-34(43)22-9-15-30(42)23(17-22)19-41/h1-7,9-11,13-19,28,42H,8,12H2,(H2,35,36)(H,39,43). The number of rotatable bonds is 6. The van der Waals surface area contributed by atoms with Gasteiger partial charge in [-0.2, -0.15) is 0 Å². The predicted octanol–water partition coefficient (Wildman–Crippen LogP) is 5.67. The number of benzene rings is 3. The second-order valence-corrected chi connectivity index (χ2v) is 10.5. The Hall–Kier alpha value is -5.83. The van der Waals surface area contributed by atoms with E-state index in [0.717, 1.165) is 46.4 Å². The number of nitrogen functional groups attached to an aromatic ring is 1. The van der Waals surface area contributed by atoms with Gasteiger partial charge in [0, 0.05) is 23.0 Å². The number of aldehydes is 1. The van der Waals surface area contributed by atoms with E-state index < -0.39 is 0 Å². The molecule has 0 bridgehead atoms. The van der Waals surface area contributed by atoms with Crippen molar-refractivity contribution in [1.82, 2.24) is 24.8 Å². The number of aryl methyl sites for hydroxylation is 1. The number of anilines is 1. The van der Waals surface area contributed by atoms with Crippen LogP contribution in [0.2, 0.25) is 0 Å². The number of hydrogen-bond donors (Lipinski definition) is 3. The van der Waals surface area contributed by atoms with Crippen molar-refractivity contribution in [3.05, 3.63) is 119 Å². The molecule has 0 saturated carbocycles. The van der Waals surface area contributed by atoms with Crippen molar-refractivity contribution < 1.29 is 14.7 Å². The van der Waals surface area contributed by atoms with Crippen LogP contribution in [0.1, 0.15) is 44.3 Å². The van der Waals surface area contributed by atoms with Gasteiger partial charge in [0.2, 0.25) is 0 Å². The van der Waals surface area contributed by atoms with Gasteiger partial charge in [0.1, 0.15) is 17.1 Å². The number of nitrogens with two attached hydrogens (primary N) is 1. The molecule has 0 fully saturated rings. The van der Waals surface area contributed by atoms with Crippen molar-refractivity contribution in [3.63, 3.8) is 0 Å². The Labute approximate surface area is 246 Å². The van der Waals surface area contributed by atoms with Gasteiger partial charge in [0.25, 0.3) is 5.91 Å². The third kappa shape index (κ3) is 4.66. The summed E-state index contributed by atoms with van der Waals surface area (Å²) in [5, 5.41) is 12.9. The molecule has 3 aromatic carbocycles. The van der Waals surface area contributed by atoms with Crippen LogP contribution < -0.4 is 11.1 Å². The first-order valence-electron chi connectivity index (χ1n) is 13.9. The number of imidazole rings is 1. The molecule has 1 unspecified atom stereocenters. The first-order chi connectivity index (χ1) is 21.0. The largest absolute Gasteiger partial charge is 0.507 e. The summed E-state index contributed by atoms with van der Waals surface area (Å²) in [6.45, 7) is 0. The minimum Gasteiger partial charge on any atom is -0.507 e. The molecule has 7 rings (SSSR count). The number of phenolic OH excluding ortho intramolecular Hbond substituents is 1. The number of hydrogen-bond acceptors (Lipinski definition) is 7. The second kappa shape index (κ2) is 10.5. The molecule has 9 heteroatoms. The lowest BCUT2D eigenvalue weighted by Gasteiger charge is -2.16. The highest BCUT2D eigenvalue weighted by Crippen LogP contribution is 2.36. The van der Waals surface area contributed by atoms with Gasteiger partial charge in [-0.05, 0) is 78.6 Å². The fraction of sp³-hybridized carbons (Fsp3) is 0.0882. The fourth-order valence-electron chi connectivity index (χ4n) is 5.68. The van der Waals surface area contributed by atoms with Crippen LogP contribution >= 0.6 is 0 Å². The fourth-order valence-corrected chi connectivity index (χ4v) is 5.68. The molecule has 0 saturated heterocycles. The minimum absolute atomic E-state index is 0.0748. The monoisotopic (exact) mass is 566 g/mol. The lowest BCUT2D eigenvalue weighted by Crippen LogP contribution is -2.27. The maximum absolute atomic E-state index is 13.0. The highest BCUT2D eigenvalue weighted by molar-refractivity contribution is 5.96. The topological polar surface area (TPSA) is 136 Å². The quantitative estimate of drug-likeness (QED) is 0.221. The van der Waals surface area contributed by atoms with E-state index in [2.05, 4.69) is 16.4 Å². The van der Waals surface area contributed by atoms with Crippen molar-refractivity contribution in [1.29, 1.82) is 0 Å². The molecule has 1 atom stereocenters. The Morgan fingerprint density at radius 2 is 1.84 bits per heavy atom. The third-order valence-corrected chi connectivity index (χ3v) is 7.84. The van der Waals surface area contributed by atoms with E-state index in [1.165, 1.54) is 18.2 Å². The smallest absolute Gasteiger partial charge is 0.251 e. The summed E-state index contributed by atoms with van der Waals surface area (Å²) >= 11 is 0. The van der Waals surface area contributed by atoms with Crippen LogP contribution in [-0.2, 0) is 6.42 Å². The van der Waals surface area contributed by atoms with Gasteiger partial charge in [-0.15, -0.1) is 0 Å². The summed E-state index contributed by atoms with van der Waals surface area (Å²) in [5.74, 6) is 0.547. The molecule has 3 heterocycles. The van der Waals surface area contributed by atoms with E-state index in [4.69, 9.17) is 15.7 Å². The van der Waals surface area contributed by atoms with Gasteiger partial charge in [-0.25, -0.2) is 15.0 Å². The number of nitrogens with one attached hydrogen (secondary N) is 1. The zero-order chi connectivity index (χ0) is 29.5. The number of carbonyl (C=O) groups excluding carboxylic acids is 2. The van der Waals surface area contributed by atoms with E-state index in [-0.39, 0.29) is 23.3 Å². The molecule has 1 aliphatic rings. The average Bonchev–Trinajstić information content (AvgIpc) is 3.62. The zero-order valence-corrected chi connectivity index (χ0v) is 22.9.